The van der Waals surface area contributed by atoms with E-state index in [1.54, 1.807) is 0 Å². The molecule has 0 saturated heterocycles. The van der Waals surface area contributed by atoms with Gasteiger partial charge in [0.2, 0.25) is 0 Å². The molecule has 1 aromatic rings. The average Bonchev–Trinajstić information content (AvgIpc) is 2.39. The van der Waals surface area contributed by atoms with E-state index in [0.29, 0.717) is 0 Å². The molecule has 0 bridgehead atoms. The second-order valence-electron chi connectivity index (χ2n) is 5.28. The Morgan fingerprint density at radius 1 is 1.44 bits per heavy atom. The fourth-order valence-electron chi connectivity index (χ4n) is 2.37. The normalized spacial score (nSPS) is 15.8. The van der Waals surface area contributed by atoms with Gasteiger partial charge >= 0.3 is 0 Å². The molecule has 0 fully saturated rings. The monoisotopic (exact) mass is 248 g/mol. The van der Waals surface area contributed by atoms with Crippen molar-refractivity contribution in [2.24, 2.45) is 5.92 Å². The molecule has 1 aromatic carbocycles. The van der Waals surface area contributed by atoms with E-state index < -0.39 is 0 Å². The van der Waals surface area contributed by atoms with Gasteiger partial charge in [-0.05, 0) is 19.0 Å². The van der Waals surface area contributed by atoms with Crippen LogP contribution in [0.25, 0.3) is 0 Å². The number of nitrogens with zero attached hydrogens (tertiary/aromatic N) is 1. The molecule has 1 unspecified atom stereocenters. The molecule has 0 saturated carbocycles. The molecule has 1 aliphatic rings. The van der Waals surface area contributed by atoms with E-state index in [9.17, 15) is 0 Å². The Kier molecular flexibility index (Phi) is 4.48. The van der Waals surface area contributed by atoms with Crippen LogP contribution in [-0.2, 0) is 6.54 Å². The highest BCUT2D eigenvalue weighted by Crippen LogP contribution is 2.31. The highest BCUT2D eigenvalue weighted by atomic mass is 16.5. The second-order valence-corrected chi connectivity index (χ2v) is 5.28. The van der Waals surface area contributed by atoms with Gasteiger partial charge in [0.05, 0.1) is 5.69 Å². The van der Waals surface area contributed by atoms with Crippen LogP contribution in [0.3, 0.4) is 0 Å². The van der Waals surface area contributed by atoms with E-state index in [0.717, 1.165) is 43.6 Å². The van der Waals surface area contributed by atoms with Crippen LogP contribution >= 0.6 is 0 Å². The Hall–Kier alpha value is -1.22. The number of benzene rings is 1. The third kappa shape index (κ3) is 3.16. The first-order valence-electron chi connectivity index (χ1n) is 6.87. The fraction of sp³-hybridized carbons (Fsp3) is 0.600. The lowest BCUT2D eigenvalue weighted by Crippen LogP contribution is -2.25. The van der Waals surface area contributed by atoms with Gasteiger partial charge in [0, 0.05) is 25.2 Å². The SMILES string of the molecule is CCC(C)CN(C)Cc1cccc2c1OCCN2. The molecule has 1 aliphatic heterocycles. The molecule has 18 heavy (non-hydrogen) atoms. The van der Waals surface area contributed by atoms with E-state index in [2.05, 4.69) is 49.3 Å². The van der Waals surface area contributed by atoms with E-state index >= 15 is 0 Å². The Bertz CT molecular complexity index is 392. The third-order valence-electron chi connectivity index (χ3n) is 3.52. The first-order valence-corrected chi connectivity index (χ1v) is 6.87. The lowest BCUT2D eigenvalue weighted by atomic mass is 10.1. The van der Waals surface area contributed by atoms with Crippen LogP contribution < -0.4 is 10.1 Å². The highest BCUT2D eigenvalue weighted by Gasteiger charge is 2.15. The molecular formula is C15H24N2O. The van der Waals surface area contributed by atoms with Crippen molar-refractivity contribution >= 4 is 5.69 Å². The standard InChI is InChI=1S/C15H24N2O/c1-4-12(2)10-17(3)11-13-6-5-7-14-15(13)18-9-8-16-14/h5-7,12,16H,4,8-11H2,1-3H3. The summed E-state index contributed by atoms with van der Waals surface area (Å²) in [6.07, 6.45) is 1.23. The van der Waals surface area contributed by atoms with Gasteiger partial charge in [-0.2, -0.15) is 0 Å². The third-order valence-corrected chi connectivity index (χ3v) is 3.52. The predicted octanol–water partition coefficient (Wildman–Crippen LogP) is 2.97. The summed E-state index contributed by atoms with van der Waals surface area (Å²) in [6.45, 7) is 8.30. The molecule has 3 heteroatoms. The average molecular weight is 248 g/mol. The molecule has 0 amide bonds. The summed E-state index contributed by atoms with van der Waals surface area (Å²) in [5.74, 6) is 1.79. The van der Waals surface area contributed by atoms with E-state index in [1.165, 1.54) is 12.0 Å². The summed E-state index contributed by atoms with van der Waals surface area (Å²) in [7, 11) is 2.18. The van der Waals surface area contributed by atoms with Crippen LogP contribution in [0.2, 0.25) is 0 Å². The van der Waals surface area contributed by atoms with Crippen LogP contribution in [-0.4, -0.2) is 31.6 Å². The second kappa shape index (κ2) is 6.10. The Balaban J connectivity index is 2.05. The van der Waals surface area contributed by atoms with Crippen LogP contribution in [0, 0.1) is 5.92 Å². The number of rotatable bonds is 5. The topological polar surface area (TPSA) is 24.5 Å². The molecule has 1 N–H and O–H groups in total. The summed E-state index contributed by atoms with van der Waals surface area (Å²) < 4.78 is 5.80. The van der Waals surface area contributed by atoms with E-state index in [4.69, 9.17) is 4.74 Å². The van der Waals surface area contributed by atoms with Crippen LogP contribution in [0.5, 0.6) is 5.75 Å². The molecular weight excluding hydrogens is 224 g/mol. The number of hydrogen-bond acceptors (Lipinski definition) is 3. The van der Waals surface area contributed by atoms with Gasteiger partial charge in [0.1, 0.15) is 12.4 Å². The zero-order valence-corrected chi connectivity index (χ0v) is 11.7. The first-order chi connectivity index (χ1) is 8.70. The Labute approximate surface area is 110 Å². The maximum Gasteiger partial charge on any atom is 0.146 e. The number of para-hydroxylation sites is 1. The number of fused-ring (bicyclic) bond motifs is 1. The summed E-state index contributed by atoms with van der Waals surface area (Å²) >= 11 is 0. The summed E-state index contributed by atoms with van der Waals surface area (Å²) in [5, 5.41) is 3.38. The van der Waals surface area contributed by atoms with Crippen molar-refractivity contribution in [3.8, 4) is 5.75 Å². The number of anilines is 1. The van der Waals surface area contributed by atoms with Crippen LogP contribution in [0.15, 0.2) is 18.2 Å². The van der Waals surface area contributed by atoms with Crippen molar-refractivity contribution in [3.05, 3.63) is 23.8 Å². The molecule has 0 aliphatic carbocycles. The predicted molar refractivity (Wildman–Crippen MR) is 76.2 cm³/mol. The minimum absolute atomic E-state index is 0.744. The quantitative estimate of drug-likeness (QED) is 0.867. The minimum Gasteiger partial charge on any atom is -0.489 e. The summed E-state index contributed by atoms with van der Waals surface area (Å²) in [4.78, 5) is 2.38. The molecule has 0 spiro atoms. The van der Waals surface area contributed by atoms with Gasteiger partial charge in [-0.1, -0.05) is 32.4 Å². The lowest BCUT2D eigenvalue weighted by Gasteiger charge is -2.25. The maximum absolute atomic E-state index is 5.80. The van der Waals surface area contributed by atoms with Crippen molar-refractivity contribution in [3.63, 3.8) is 0 Å². The van der Waals surface area contributed by atoms with Gasteiger partial charge in [0.15, 0.2) is 0 Å². The van der Waals surface area contributed by atoms with E-state index in [1.807, 2.05) is 0 Å². The summed E-state index contributed by atoms with van der Waals surface area (Å²) in [5.41, 5.74) is 2.42. The van der Waals surface area contributed by atoms with Crippen LogP contribution in [0.1, 0.15) is 25.8 Å². The van der Waals surface area contributed by atoms with E-state index in [-0.39, 0.29) is 0 Å². The van der Waals surface area contributed by atoms with Crippen molar-refractivity contribution < 1.29 is 4.74 Å². The molecule has 100 valence electrons. The zero-order valence-electron chi connectivity index (χ0n) is 11.7. The molecule has 2 rings (SSSR count). The van der Waals surface area contributed by atoms with Gasteiger partial charge in [0.25, 0.3) is 0 Å². The van der Waals surface area contributed by atoms with Gasteiger partial charge in [-0.15, -0.1) is 0 Å². The van der Waals surface area contributed by atoms with Gasteiger partial charge < -0.3 is 15.0 Å². The van der Waals surface area contributed by atoms with Crippen LogP contribution in [0.4, 0.5) is 5.69 Å². The molecule has 1 heterocycles. The first kappa shape index (κ1) is 13.2. The molecule has 1 atom stereocenters. The van der Waals surface area contributed by atoms with Gasteiger partial charge in [-0.25, -0.2) is 0 Å². The largest absolute Gasteiger partial charge is 0.489 e. The smallest absolute Gasteiger partial charge is 0.146 e. The number of ether oxygens (including phenoxy) is 1. The van der Waals surface area contributed by atoms with Gasteiger partial charge in [-0.3, -0.25) is 0 Å². The highest BCUT2D eigenvalue weighted by molar-refractivity contribution is 5.61. The van der Waals surface area contributed by atoms with Crippen molar-refractivity contribution in [1.29, 1.82) is 0 Å². The number of hydrogen-bond donors (Lipinski definition) is 1. The number of nitrogens with one attached hydrogen (secondary N) is 1. The fourth-order valence-corrected chi connectivity index (χ4v) is 2.37. The Morgan fingerprint density at radius 3 is 3.06 bits per heavy atom. The van der Waals surface area contributed by atoms with Crippen molar-refractivity contribution in [2.45, 2.75) is 26.8 Å². The Morgan fingerprint density at radius 2 is 2.28 bits per heavy atom. The molecule has 0 aromatic heterocycles. The van der Waals surface area contributed by atoms with Crippen molar-refractivity contribution in [1.82, 2.24) is 4.90 Å². The molecule has 3 nitrogen and oxygen atoms in total. The van der Waals surface area contributed by atoms with Crippen molar-refractivity contribution in [2.75, 3.05) is 32.1 Å². The molecule has 0 radical (unpaired) electrons. The minimum atomic E-state index is 0.744. The lowest BCUT2D eigenvalue weighted by molar-refractivity contribution is 0.264. The summed E-state index contributed by atoms with van der Waals surface area (Å²) in [6, 6.07) is 6.36. The zero-order chi connectivity index (χ0) is 13.0. The maximum atomic E-state index is 5.80.